The molecule has 6 heteroatoms. The summed E-state index contributed by atoms with van der Waals surface area (Å²) in [6.45, 7) is 5.47. The number of nitrogens with zero attached hydrogens (tertiary/aromatic N) is 5. The average molecular weight is 350 g/mol. The van der Waals surface area contributed by atoms with Crippen LogP contribution in [0.2, 0.25) is 0 Å². The van der Waals surface area contributed by atoms with Gasteiger partial charge >= 0.3 is 0 Å². The molecular formula is C20H26N6. The van der Waals surface area contributed by atoms with Gasteiger partial charge in [0.15, 0.2) is 5.82 Å². The maximum atomic E-state index is 5.94. The van der Waals surface area contributed by atoms with E-state index in [1.165, 1.54) is 12.0 Å². The zero-order valence-electron chi connectivity index (χ0n) is 15.4. The van der Waals surface area contributed by atoms with E-state index in [0.29, 0.717) is 17.9 Å². The van der Waals surface area contributed by atoms with Crippen LogP contribution in [-0.4, -0.2) is 45.7 Å². The van der Waals surface area contributed by atoms with Crippen LogP contribution in [0.25, 0.3) is 5.52 Å². The lowest BCUT2D eigenvalue weighted by atomic mass is 9.92. The van der Waals surface area contributed by atoms with Crippen molar-refractivity contribution in [2.75, 3.05) is 30.8 Å². The molecule has 1 fully saturated rings. The minimum atomic E-state index is 0.306. The molecule has 0 bridgehead atoms. The van der Waals surface area contributed by atoms with Crippen molar-refractivity contribution in [1.29, 1.82) is 0 Å². The van der Waals surface area contributed by atoms with Crippen molar-refractivity contribution < 1.29 is 0 Å². The fourth-order valence-corrected chi connectivity index (χ4v) is 3.96. The van der Waals surface area contributed by atoms with Crippen molar-refractivity contribution in [1.82, 2.24) is 19.5 Å². The molecule has 136 valence electrons. The topological polar surface area (TPSA) is 62.7 Å². The molecule has 3 heterocycles. The number of nitrogens with two attached hydrogens (primary N) is 1. The monoisotopic (exact) mass is 350 g/mol. The fraction of sp³-hybridized carbons (Fsp3) is 0.400. The second kappa shape index (κ2) is 6.96. The first-order chi connectivity index (χ1) is 12.6. The molecule has 1 aliphatic heterocycles. The Balaban J connectivity index is 1.57. The van der Waals surface area contributed by atoms with Crippen LogP contribution in [0.1, 0.15) is 18.9 Å². The summed E-state index contributed by atoms with van der Waals surface area (Å²) in [4.78, 5) is 9.37. The molecule has 0 unspecified atom stereocenters. The first kappa shape index (κ1) is 16.8. The van der Waals surface area contributed by atoms with E-state index in [1.807, 2.05) is 22.8 Å². The summed E-state index contributed by atoms with van der Waals surface area (Å²) in [5.41, 5.74) is 8.29. The summed E-state index contributed by atoms with van der Waals surface area (Å²) in [6, 6.07) is 15.1. The lowest BCUT2D eigenvalue weighted by Crippen LogP contribution is -2.51. The number of aromatic nitrogens is 3. The number of nitrogen functional groups attached to an aromatic ring is 1. The van der Waals surface area contributed by atoms with Crippen molar-refractivity contribution in [2.45, 2.75) is 25.9 Å². The summed E-state index contributed by atoms with van der Waals surface area (Å²) >= 11 is 0. The van der Waals surface area contributed by atoms with Crippen molar-refractivity contribution >= 4 is 17.3 Å². The molecule has 1 aromatic carbocycles. The van der Waals surface area contributed by atoms with Crippen LogP contribution in [0.4, 0.5) is 11.8 Å². The third-order valence-electron chi connectivity index (χ3n) is 5.47. The van der Waals surface area contributed by atoms with E-state index in [1.54, 1.807) is 0 Å². The summed E-state index contributed by atoms with van der Waals surface area (Å²) in [5.74, 6) is 1.80. The van der Waals surface area contributed by atoms with Crippen LogP contribution in [0.3, 0.4) is 0 Å². The van der Waals surface area contributed by atoms with Crippen LogP contribution in [-0.2, 0) is 6.54 Å². The highest BCUT2D eigenvalue weighted by molar-refractivity contribution is 5.70. The molecule has 6 nitrogen and oxygen atoms in total. The summed E-state index contributed by atoms with van der Waals surface area (Å²) in [5, 5.41) is 4.26. The maximum absolute atomic E-state index is 5.94. The Morgan fingerprint density at radius 1 is 1.19 bits per heavy atom. The molecule has 1 saturated heterocycles. The quantitative estimate of drug-likeness (QED) is 0.784. The number of benzene rings is 1. The molecule has 2 aromatic heterocycles. The van der Waals surface area contributed by atoms with Gasteiger partial charge in [0.2, 0.25) is 5.95 Å². The third kappa shape index (κ3) is 3.24. The normalized spacial score (nSPS) is 21.2. The van der Waals surface area contributed by atoms with Crippen molar-refractivity contribution in [3.8, 4) is 0 Å². The van der Waals surface area contributed by atoms with Gasteiger partial charge in [-0.2, -0.15) is 4.98 Å². The minimum Gasteiger partial charge on any atom is -0.366 e. The summed E-state index contributed by atoms with van der Waals surface area (Å²) in [7, 11) is 2.13. The molecule has 0 amide bonds. The second-order valence-electron chi connectivity index (χ2n) is 7.30. The van der Waals surface area contributed by atoms with Crippen molar-refractivity contribution in [2.24, 2.45) is 5.92 Å². The standard InChI is InChI=1S/C20H26N6/c1-15-10-12-25(13-16-7-4-3-5-8-16)14-18(15)24(2)19-17-9-6-11-26(17)23-20(21)22-19/h3-9,11,15,18H,10,12-14H2,1-2H3,(H2,21,23)/t15-,18+/m1/s1. The minimum absolute atomic E-state index is 0.306. The number of piperidine rings is 1. The molecule has 26 heavy (non-hydrogen) atoms. The van der Waals surface area contributed by atoms with Crippen LogP contribution < -0.4 is 10.6 Å². The zero-order chi connectivity index (χ0) is 18.1. The fourth-order valence-electron chi connectivity index (χ4n) is 3.96. The van der Waals surface area contributed by atoms with E-state index < -0.39 is 0 Å². The van der Waals surface area contributed by atoms with E-state index in [4.69, 9.17) is 5.73 Å². The van der Waals surface area contributed by atoms with Gasteiger partial charge < -0.3 is 10.6 Å². The van der Waals surface area contributed by atoms with Gasteiger partial charge in [0.05, 0.1) is 0 Å². The Morgan fingerprint density at radius 2 is 2.00 bits per heavy atom. The number of hydrogen-bond donors (Lipinski definition) is 1. The Hall–Kier alpha value is -2.60. The first-order valence-electron chi connectivity index (χ1n) is 9.22. The van der Waals surface area contributed by atoms with Gasteiger partial charge in [-0.3, -0.25) is 4.90 Å². The van der Waals surface area contributed by atoms with Crippen molar-refractivity contribution in [3.63, 3.8) is 0 Å². The van der Waals surface area contributed by atoms with E-state index in [-0.39, 0.29) is 0 Å². The number of anilines is 2. The molecule has 3 aromatic rings. The Kier molecular flexibility index (Phi) is 4.51. The highest BCUT2D eigenvalue weighted by Gasteiger charge is 2.31. The van der Waals surface area contributed by atoms with Crippen molar-refractivity contribution in [3.05, 3.63) is 54.2 Å². The van der Waals surface area contributed by atoms with Gasteiger partial charge in [-0.15, -0.1) is 5.10 Å². The molecule has 2 atom stereocenters. The molecule has 1 aliphatic rings. The van der Waals surface area contributed by atoms with Gasteiger partial charge in [-0.1, -0.05) is 37.3 Å². The number of hydrogen-bond acceptors (Lipinski definition) is 5. The van der Waals surface area contributed by atoms with E-state index in [0.717, 1.165) is 31.0 Å². The second-order valence-corrected chi connectivity index (χ2v) is 7.30. The van der Waals surface area contributed by atoms with E-state index >= 15 is 0 Å². The highest BCUT2D eigenvalue weighted by Crippen LogP contribution is 2.28. The predicted molar refractivity (Wildman–Crippen MR) is 105 cm³/mol. The Morgan fingerprint density at radius 3 is 2.81 bits per heavy atom. The zero-order valence-corrected chi connectivity index (χ0v) is 15.4. The lowest BCUT2D eigenvalue weighted by molar-refractivity contribution is 0.159. The summed E-state index contributed by atoms with van der Waals surface area (Å²) in [6.07, 6.45) is 3.09. The van der Waals surface area contributed by atoms with E-state index in [9.17, 15) is 0 Å². The van der Waals surface area contributed by atoms with Crippen LogP contribution in [0, 0.1) is 5.92 Å². The molecule has 2 N–H and O–H groups in total. The Bertz CT molecular complexity index is 874. The number of fused-ring (bicyclic) bond motifs is 1. The number of rotatable bonds is 4. The van der Waals surface area contributed by atoms with Gasteiger partial charge in [0, 0.05) is 32.4 Å². The molecule has 0 saturated carbocycles. The SMILES string of the molecule is C[C@@H]1CCN(Cc2ccccc2)C[C@@H]1N(C)c1nc(N)nn2cccc12. The number of likely N-dealkylation sites (N-methyl/N-ethyl adjacent to an activating group) is 1. The Labute approximate surface area is 154 Å². The smallest absolute Gasteiger partial charge is 0.240 e. The number of likely N-dealkylation sites (tertiary alicyclic amines) is 1. The maximum Gasteiger partial charge on any atom is 0.240 e. The molecule has 0 aliphatic carbocycles. The van der Waals surface area contributed by atoms with Crippen LogP contribution in [0.5, 0.6) is 0 Å². The lowest BCUT2D eigenvalue weighted by Gasteiger charge is -2.42. The predicted octanol–water partition coefficient (Wildman–Crippen LogP) is 2.66. The van der Waals surface area contributed by atoms with Gasteiger partial charge in [0.1, 0.15) is 5.52 Å². The van der Waals surface area contributed by atoms with Gasteiger partial charge in [-0.05, 0) is 36.6 Å². The molecular weight excluding hydrogens is 324 g/mol. The van der Waals surface area contributed by atoms with Crippen LogP contribution in [0.15, 0.2) is 48.7 Å². The summed E-state index contributed by atoms with van der Waals surface area (Å²) < 4.78 is 1.81. The average Bonchev–Trinajstić information content (AvgIpc) is 3.11. The molecule has 0 spiro atoms. The molecule has 0 radical (unpaired) electrons. The largest absolute Gasteiger partial charge is 0.366 e. The van der Waals surface area contributed by atoms with Gasteiger partial charge in [-0.25, -0.2) is 4.52 Å². The highest BCUT2D eigenvalue weighted by atomic mass is 15.3. The molecule has 4 rings (SSSR count). The first-order valence-corrected chi connectivity index (χ1v) is 9.22. The van der Waals surface area contributed by atoms with Crippen LogP contribution >= 0.6 is 0 Å². The third-order valence-corrected chi connectivity index (χ3v) is 5.47. The van der Waals surface area contributed by atoms with E-state index in [2.05, 4.69) is 64.2 Å². The van der Waals surface area contributed by atoms with Gasteiger partial charge in [0.25, 0.3) is 0 Å².